The summed E-state index contributed by atoms with van der Waals surface area (Å²) in [6, 6.07) is 7.98. The van der Waals surface area contributed by atoms with E-state index >= 15 is 0 Å². The van der Waals surface area contributed by atoms with Crippen LogP contribution in [-0.2, 0) is 6.42 Å². The lowest BCUT2D eigenvalue weighted by Gasteiger charge is -2.32. The zero-order valence-corrected chi connectivity index (χ0v) is 9.35. The molecule has 0 aromatic heterocycles. The molecule has 0 aliphatic heterocycles. The number of halogens is 3. The Morgan fingerprint density at radius 2 is 1.94 bits per heavy atom. The van der Waals surface area contributed by atoms with E-state index in [-0.39, 0.29) is 18.8 Å². The van der Waals surface area contributed by atoms with Crippen molar-refractivity contribution in [2.75, 3.05) is 6.54 Å². The van der Waals surface area contributed by atoms with Crippen LogP contribution >= 0.6 is 0 Å². The van der Waals surface area contributed by atoms with Crippen molar-refractivity contribution in [1.29, 1.82) is 0 Å². The van der Waals surface area contributed by atoms with Gasteiger partial charge in [0, 0.05) is 12.5 Å². The first-order chi connectivity index (χ1) is 8.02. The number of hydrogen-bond acceptors (Lipinski definition) is 1. The fourth-order valence-corrected chi connectivity index (χ4v) is 2.55. The monoisotopic (exact) mass is 241 g/mol. The fraction of sp³-hybridized carbons (Fsp3) is 0.538. The van der Waals surface area contributed by atoms with Crippen molar-refractivity contribution in [2.45, 2.75) is 36.9 Å². The third-order valence-electron chi connectivity index (χ3n) is 3.94. The van der Waals surface area contributed by atoms with E-state index in [2.05, 4.69) is 5.32 Å². The molecule has 0 saturated heterocycles. The fourth-order valence-electron chi connectivity index (χ4n) is 2.55. The maximum atomic E-state index is 12.7. The van der Waals surface area contributed by atoms with E-state index in [1.165, 1.54) is 11.1 Å². The van der Waals surface area contributed by atoms with E-state index < -0.39 is 11.7 Å². The van der Waals surface area contributed by atoms with Crippen molar-refractivity contribution in [3.05, 3.63) is 35.4 Å². The molecule has 0 amide bonds. The van der Waals surface area contributed by atoms with Crippen LogP contribution in [0.1, 0.15) is 29.9 Å². The standard InChI is InChI=1S/C13H14F3N/c14-13(15,16)12(5-6-12)17-8-10-7-9-3-1-2-4-11(9)10/h1-4,10,17H,5-8H2. The second-order valence-corrected chi connectivity index (χ2v) is 5.06. The molecule has 2 aliphatic carbocycles. The van der Waals surface area contributed by atoms with Gasteiger partial charge in [0.1, 0.15) is 5.54 Å². The predicted octanol–water partition coefficient (Wildman–Crippen LogP) is 3.01. The molecule has 1 N–H and O–H groups in total. The molecule has 1 unspecified atom stereocenters. The van der Waals surface area contributed by atoms with Gasteiger partial charge in [0.25, 0.3) is 0 Å². The molecule has 92 valence electrons. The number of alkyl halides is 3. The van der Waals surface area contributed by atoms with Crippen LogP contribution in [0.3, 0.4) is 0 Å². The lowest BCUT2D eigenvalue weighted by atomic mass is 9.77. The second kappa shape index (κ2) is 3.48. The Morgan fingerprint density at radius 1 is 1.24 bits per heavy atom. The Balaban J connectivity index is 1.61. The summed E-state index contributed by atoms with van der Waals surface area (Å²) in [5.41, 5.74) is 0.909. The maximum absolute atomic E-state index is 12.7. The Hall–Kier alpha value is -1.03. The van der Waals surface area contributed by atoms with Gasteiger partial charge in [-0.25, -0.2) is 0 Å². The number of benzene rings is 1. The summed E-state index contributed by atoms with van der Waals surface area (Å²) in [7, 11) is 0. The van der Waals surface area contributed by atoms with Crippen molar-refractivity contribution < 1.29 is 13.2 Å². The molecule has 2 aliphatic rings. The summed E-state index contributed by atoms with van der Waals surface area (Å²) >= 11 is 0. The molecule has 1 atom stereocenters. The second-order valence-electron chi connectivity index (χ2n) is 5.06. The molecular weight excluding hydrogens is 227 g/mol. The summed E-state index contributed by atoms with van der Waals surface area (Å²) < 4.78 is 38.1. The van der Waals surface area contributed by atoms with E-state index in [0.717, 1.165) is 6.42 Å². The van der Waals surface area contributed by atoms with E-state index in [9.17, 15) is 13.2 Å². The normalized spacial score (nSPS) is 25.0. The highest BCUT2D eigenvalue weighted by Gasteiger charge is 2.63. The molecule has 0 spiro atoms. The topological polar surface area (TPSA) is 12.0 Å². The van der Waals surface area contributed by atoms with Crippen LogP contribution in [0, 0.1) is 0 Å². The molecule has 1 aromatic carbocycles. The lowest BCUT2D eigenvalue weighted by molar-refractivity contribution is -0.166. The van der Waals surface area contributed by atoms with Crippen molar-refractivity contribution in [3.8, 4) is 0 Å². The highest BCUT2D eigenvalue weighted by Crippen LogP contribution is 2.49. The predicted molar refractivity (Wildman–Crippen MR) is 58.9 cm³/mol. The van der Waals surface area contributed by atoms with Gasteiger partial charge in [-0.1, -0.05) is 24.3 Å². The number of rotatable bonds is 3. The minimum Gasteiger partial charge on any atom is -0.303 e. The summed E-state index contributed by atoms with van der Waals surface area (Å²) in [6.07, 6.45) is -2.75. The zero-order chi connectivity index (χ0) is 12.1. The minimum absolute atomic E-state index is 0.227. The Bertz CT molecular complexity index is 435. The van der Waals surface area contributed by atoms with Crippen molar-refractivity contribution in [2.24, 2.45) is 0 Å². The molecule has 3 rings (SSSR count). The first-order valence-electron chi connectivity index (χ1n) is 5.91. The van der Waals surface area contributed by atoms with Crippen molar-refractivity contribution >= 4 is 0 Å². The highest BCUT2D eigenvalue weighted by atomic mass is 19.4. The summed E-state index contributed by atoms with van der Waals surface area (Å²) in [4.78, 5) is 0. The van der Waals surface area contributed by atoms with Gasteiger partial charge in [0.15, 0.2) is 0 Å². The Kier molecular flexibility index (Phi) is 2.27. The van der Waals surface area contributed by atoms with E-state index in [0.29, 0.717) is 6.54 Å². The SMILES string of the molecule is FC(F)(F)C1(NCC2Cc3ccccc32)CC1. The average molecular weight is 241 g/mol. The smallest absolute Gasteiger partial charge is 0.303 e. The van der Waals surface area contributed by atoms with Gasteiger partial charge >= 0.3 is 6.18 Å². The van der Waals surface area contributed by atoms with E-state index in [4.69, 9.17) is 0 Å². The Labute approximate surface area is 98.0 Å². The average Bonchev–Trinajstić information content (AvgIpc) is 2.99. The number of nitrogens with one attached hydrogen (secondary N) is 1. The third-order valence-corrected chi connectivity index (χ3v) is 3.94. The van der Waals surface area contributed by atoms with E-state index in [1.54, 1.807) is 0 Å². The van der Waals surface area contributed by atoms with Crippen LogP contribution < -0.4 is 5.32 Å². The van der Waals surface area contributed by atoms with Gasteiger partial charge in [-0.3, -0.25) is 0 Å². The Morgan fingerprint density at radius 3 is 2.53 bits per heavy atom. The molecule has 17 heavy (non-hydrogen) atoms. The summed E-state index contributed by atoms with van der Waals surface area (Å²) in [5, 5.41) is 2.73. The molecule has 1 aromatic rings. The molecule has 0 bridgehead atoms. The van der Waals surface area contributed by atoms with Crippen LogP contribution in [0.15, 0.2) is 24.3 Å². The molecule has 1 nitrogen and oxygen atoms in total. The summed E-state index contributed by atoms with van der Waals surface area (Å²) in [6.45, 7) is 0.441. The quantitative estimate of drug-likeness (QED) is 0.857. The number of hydrogen-bond donors (Lipinski definition) is 1. The molecule has 1 saturated carbocycles. The molecule has 1 fully saturated rings. The number of fused-ring (bicyclic) bond motifs is 1. The van der Waals surface area contributed by atoms with Crippen LogP contribution in [0.2, 0.25) is 0 Å². The van der Waals surface area contributed by atoms with Crippen LogP contribution in [0.5, 0.6) is 0 Å². The molecule has 0 heterocycles. The van der Waals surface area contributed by atoms with Crippen molar-refractivity contribution in [1.82, 2.24) is 5.32 Å². The van der Waals surface area contributed by atoms with Gasteiger partial charge in [-0.2, -0.15) is 13.2 Å². The minimum atomic E-state index is -4.10. The van der Waals surface area contributed by atoms with Gasteiger partial charge in [0.05, 0.1) is 0 Å². The third kappa shape index (κ3) is 1.75. The van der Waals surface area contributed by atoms with Gasteiger partial charge in [-0.15, -0.1) is 0 Å². The largest absolute Gasteiger partial charge is 0.406 e. The van der Waals surface area contributed by atoms with Gasteiger partial charge in [-0.05, 0) is 30.4 Å². The first kappa shape index (κ1) is 11.1. The molecule has 4 heteroatoms. The molecular formula is C13H14F3N. The van der Waals surface area contributed by atoms with Crippen LogP contribution in [-0.4, -0.2) is 18.3 Å². The van der Waals surface area contributed by atoms with Crippen LogP contribution in [0.25, 0.3) is 0 Å². The van der Waals surface area contributed by atoms with Gasteiger partial charge < -0.3 is 5.32 Å². The molecule has 0 radical (unpaired) electrons. The van der Waals surface area contributed by atoms with Crippen LogP contribution in [0.4, 0.5) is 13.2 Å². The lowest BCUT2D eigenvalue weighted by Crippen LogP contribution is -2.47. The van der Waals surface area contributed by atoms with Gasteiger partial charge in [0.2, 0.25) is 0 Å². The zero-order valence-electron chi connectivity index (χ0n) is 9.35. The maximum Gasteiger partial charge on any atom is 0.406 e. The summed E-state index contributed by atoms with van der Waals surface area (Å²) in [5.74, 6) is 0.256. The van der Waals surface area contributed by atoms with E-state index in [1.807, 2.05) is 24.3 Å². The highest BCUT2D eigenvalue weighted by molar-refractivity contribution is 5.40. The van der Waals surface area contributed by atoms with Crippen molar-refractivity contribution in [3.63, 3.8) is 0 Å². The first-order valence-corrected chi connectivity index (χ1v) is 5.91.